The van der Waals surface area contributed by atoms with Crippen LogP contribution in [0.25, 0.3) is 0 Å². The fourth-order valence-corrected chi connectivity index (χ4v) is 1.48. The highest BCUT2D eigenvalue weighted by atomic mass is 19.4. The van der Waals surface area contributed by atoms with Gasteiger partial charge in [-0.15, -0.1) is 0 Å². The molecule has 1 unspecified atom stereocenters. The molecule has 0 spiro atoms. The van der Waals surface area contributed by atoms with Crippen LogP contribution >= 0.6 is 0 Å². The number of alkyl halides is 3. The van der Waals surface area contributed by atoms with E-state index in [4.69, 9.17) is 5.73 Å². The smallest absolute Gasteiger partial charge is 0.323 e. The van der Waals surface area contributed by atoms with Gasteiger partial charge in [0, 0.05) is 11.6 Å². The zero-order valence-corrected chi connectivity index (χ0v) is 9.90. The Balaban J connectivity index is 3.30. The zero-order chi connectivity index (χ0) is 13.4. The first-order valence-electron chi connectivity index (χ1n) is 5.16. The third kappa shape index (κ3) is 2.97. The first kappa shape index (κ1) is 14.0. The van der Waals surface area contributed by atoms with Crippen LogP contribution in [0.2, 0.25) is 0 Å². The molecule has 1 rings (SSSR count). The summed E-state index contributed by atoms with van der Waals surface area (Å²) in [6, 6.07) is 2.39. The van der Waals surface area contributed by atoms with E-state index in [0.29, 0.717) is 6.07 Å². The van der Waals surface area contributed by atoms with Crippen LogP contribution in [-0.4, -0.2) is 0 Å². The third-order valence-electron chi connectivity index (χ3n) is 2.60. The predicted octanol–water partition coefficient (Wildman–Crippen LogP) is 3.89. The second-order valence-corrected chi connectivity index (χ2v) is 5.05. The molecule has 0 aliphatic carbocycles. The van der Waals surface area contributed by atoms with Crippen molar-refractivity contribution in [3.05, 3.63) is 35.1 Å². The lowest BCUT2D eigenvalue weighted by atomic mass is 9.82. The average molecular weight is 249 g/mol. The molecule has 0 aliphatic rings. The molecule has 5 heteroatoms. The number of hydrogen-bond acceptors (Lipinski definition) is 1. The maximum Gasteiger partial charge on any atom is 0.419 e. The van der Waals surface area contributed by atoms with E-state index in [1.165, 1.54) is 12.1 Å². The molecular formula is C12H15F4N. The highest BCUT2D eigenvalue weighted by molar-refractivity contribution is 5.31. The van der Waals surface area contributed by atoms with Crippen molar-refractivity contribution in [3.63, 3.8) is 0 Å². The van der Waals surface area contributed by atoms with Gasteiger partial charge in [0.15, 0.2) is 0 Å². The predicted molar refractivity (Wildman–Crippen MR) is 57.8 cm³/mol. The summed E-state index contributed by atoms with van der Waals surface area (Å²) in [4.78, 5) is 0. The van der Waals surface area contributed by atoms with Gasteiger partial charge in [0.2, 0.25) is 0 Å². The molecule has 1 aromatic carbocycles. The molecule has 1 aromatic rings. The molecule has 0 amide bonds. The van der Waals surface area contributed by atoms with Crippen molar-refractivity contribution in [2.45, 2.75) is 33.0 Å². The Kier molecular flexibility index (Phi) is 3.52. The Hall–Kier alpha value is -1.10. The molecule has 2 N–H and O–H groups in total. The summed E-state index contributed by atoms with van der Waals surface area (Å²) in [6.45, 7) is 5.24. The van der Waals surface area contributed by atoms with Crippen molar-refractivity contribution in [2.75, 3.05) is 0 Å². The van der Waals surface area contributed by atoms with E-state index in [-0.39, 0.29) is 5.56 Å². The Morgan fingerprint density at radius 3 is 2.06 bits per heavy atom. The second kappa shape index (κ2) is 4.29. The van der Waals surface area contributed by atoms with Crippen LogP contribution in [0.15, 0.2) is 18.2 Å². The first-order valence-corrected chi connectivity index (χ1v) is 5.16. The molecule has 0 heterocycles. The van der Waals surface area contributed by atoms with Crippen LogP contribution in [0.1, 0.15) is 37.9 Å². The van der Waals surface area contributed by atoms with Crippen LogP contribution in [-0.2, 0) is 6.18 Å². The van der Waals surface area contributed by atoms with Gasteiger partial charge in [0.1, 0.15) is 5.82 Å². The van der Waals surface area contributed by atoms with E-state index in [9.17, 15) is 17.6 Å². The molecular weight excluding hydrogens is 234 g/mol. The topological polar surface area (TPSA) is 26.0 Å². The van der Waals surface area contributed by atoms with Gasteiger partial charge in [-0.05, 0) is 11.5 Å². The average Bonchev–Trinajstić information content (AvgIpc) is 2.13. The van der Waals surface area contributed by atoms with Crippen molar-refractivity contribution in [1.82, 2.24) is 0 Å². The SMILES string of the molecule is CC(C)(C)C(N)c1cccc(C(F)(F)F)c1F. The fourth-order valence-electron chi connectivity index (χ4n) is 1.48. The summed E-state index contributed by atoms with van der Waals surface area (Å²) in [5.74, 6) is -1.28. The van der Waals surface area contributed by atoms with Crippen LogP contribution < -0.4 is 5.73 Å². The Bertz CT molecular complexity index is 404. The van der Waals surface area contributed by atoms with Gasteiger partial charge < -0.3 is 5.73 Å². The van der Waals surface area contributed by atoms with Crippen LogP contribution in [0, 0.1) is 11.2 Å². The lowest BCUT2D eigenvalue weighted by Crippen LogP contribution is -2.28. The van der Waals surface area contributed by atoms with Crippen molar-refractivity contribution in [2.24, 2.45) is 11.1 Å². The molecule has 0 saturated heterocycles. The molecule has 1 atom stereocenters. The van der Waals surface area contributed by atoms with E-state index < -0.39 is 29.0 Å². The minimum atomic E-state index is -4.70. The van der Waals surface area contributed by atoms with Gasteiger partial charge in [-0.25, -0.2) is 4.39 Å². The van der Waals surface area contributed by atoms with Crippen LogP contribution in [0.5, 0.6) is 0 Å². The summed E-state index contributed by atoms with van der Waals surface area (Å²) in [5.41, 5.74) is 3.90. The summed E-state index contributed by atoms with van der Waals surface area (Å²) in [5, 5.41) is 0. The van der Waals surface area contributed by atoms with Gasteiger partial charge in [0.25, 0.3) is 0 Å². The van der Waals surface area contributed by atoms with Gasteiger partial charge >= 0.3 is 6.18 Å². The quantitative estimate of drug-likeness (QED) is 0.751. The molecule has 0 aliphatic heterocycles. The highest BCUT2D eigenvalue weighted by Crippen LogP contribution is 2.37. The fraction of sp³-hybridized carbons (Fsp3) is 0.500. The van der Waals surface area contributed by atoms with Crippen LogP contribution in [0.4, 0.5) is 17.6 Å². The highest BCUT2D eigenvalue weighted by Gasteiger charge is 2.36. The second-order valence-electron chi connectivity index (χ2n) is 5.05. The summed E-state index contributed by atoms with van der Waals surface area (Å²) in [7, 11) is 0. The molecule has 0 saturated carbocycles. The van der Waals surface area contributed by atoms with E-state index in [0.717, 1.165) is 0 Å². The molecule has 0 fully saturated rings. The lowest BCUT2D eigenvalue weighted by Gasteiger charge is -2.28. The third-order valence-corrected chi connectivity index (χ3v) is 2.60. The minimum absolute atomic E-state index is 0.104. The van der Waals surface area contributed by atoms with E-state index >= 15 is 0 Å². The summed E-state index contributed by atoms with van der Waals surface area (Å²) < 4.78 is 51.3. The molecule has 17 heavy (non-hydrogen) atoms. The largest absolute Gasteiger partial charge is 0.419 e. The first-order chi connectivity index (χ1) is 7.55. The van der Waals surface area contributed by atoms with Crippen molar-refractivity contribution in [1.29, 1.82) is 0 Å². The van der Waals surface area contributed by atoms with Crippen molar-refractivity contribution in [3.8, 4) is 0 Å². The molecule has 1 nitrogen and oxygen atoms in total. The van der Waals surface area contributed by atoms with Gasteiger partial charge in [-0.3, -0.25) is 0 Å². The molecule has 0 radical (unpaired) electrons. The maximum atomic E-state index is 13.7. The Morgan fingerprint density at radius 2 is 1.65 bits per heavy atom. The van der Waals surface area contributed by atoms with E-state index in [1.54, 1.807) is 20.8 Å². The number of halogens is 4. The Labute approximate surface area is 97.6 Å². The molecule has 0 bridgehead atoms. The monoisotopic (exact) mass is 249 g/mol. The summed E-state index contributed by atoms with van der Waals surface area (Å²) >= 11 is 0. The van der Waals surface area contributed by atoms with E-state index in [1.807, 2.05) is 0 Å². The van der Waals surface area contributed by atoms with E-state index in [2.05, 4.69) is 0 Å². The Morgan fingerprint density at radius 1 is 1.12 bits per heavy atom. The molecule has 0 aromatic heterocycles. The summed E-state index contributed by atoms with van der Waals surface area (Å²) in [6.07, 6.45) is -4.70. The number of hydrogen-bond donors (Lipinski definition) is 1. The minimum Gasteiger partial charge on any atom is -0.323 e. The number of nitrogens with two attached hydrogens (primary N) is 1. The lowest BCUT2D eigenvalue weighted by molar-refractivity contribution is -0.140. The number of benzene rings is 1. The normalized spacial score (nSPS) is 14.8. The maximum absolute atomic E-state index is 13.7. The van der Waals surface area contributed by atoms with Crippen LogP contribution in [0.3, 0.4) is 0 Å². The number of rotatable bonds is 1. The van der Waals surface area contributed by atoms with Gasteiger partial charge in [0.05, 0.1) is 5.56 Å². The zero-order valence-electron chi connectivity index (χ0n) is 9.90. The van der Waals surface area contributed by atoms with Crippen molar-refractivity contribution >= 4 is 0 Å². The molecule has 96 valence electrons. The van der Waals surface area contributed by atoms with Gasteiger partial charge in [-0.2, -0.15) is 13.2 Å². The van der Waals surface area contributed by atoms with Gasteiger partial charge in [-0.1, -0.05) is 32.9 Å². The van der Waals surface area contributed by atoms with Crippen molar-refractivity contribution < 1.29 is 17.6 Å². The standard InChI is InChI=1S/C12H15F4N/c1-11(2,3)10(17)7-5-4-6-8(9(7)13)12(14,15)16/h4-6,10H,17H2,1-3H3.